The number of carbonyl (C=O) groups is 1. The summed E-state index contributed by atoms with van der Waals surface area (Å²) >= 11 is 7.51. The van der Waals surface area contributed by atoms with E-state index in [2.05, 4.69) is 12.2 Å². The van der Waals surface area contributed by atoms with Gasteiger partial charge in [-0.05, 0) is 43.5 Å². The predicted octanol–water partition coefficient (Wildman–Crippen LogP) is 4.66. The van der Waals surface area contributed by atoms with Crippen molar-refractivity contribution in [3.8, 4) is 0 Å². The van der Waals surface area contributed by atoms with E-state index in [9.17, 15) is 4.79 Å². The van der Waals surface area contributed by atoms with Gasteiger partial charge in [0.2, 0.25) is 5.91 Å². The van der Waals surface area contributed by atoms with Crippen LogP contribution in [-0.4, -0.2) is 17.2 Å². The molecule has 1 aliphatic carbocycles. The summed E-state index contributed by atoms with van der Waals surface area (Å²) in [5.41, 5.74) is 0. The van der Waals surface area contributed by atoms with Gasteiger partial charge >= 0.3 is 0 Å². The summed E-state index contributed by atoms with van der Waals surface area (Å²) in [6, 6.07) is 8.08. The minimum Gasteiger partial charge on any atom is -0.352 e. The zero-order valence-corrected chi connectivity index (χ0v) is 13.5. The zero-order chi connectivity index (χ0) is 14.4. The van der Waals surface area contributed by atoms with Crippen LogP contribution in [-0.2, 0) is 4.79 Å². The van der Waals surface area contributed by atoms with Crippen LogP contribution in [0.5, 0.6) is 0 Å². The highest BCUT2D eigenvalue weighted by molar-refractivity contribution is 8.00. The summed E-state index contributed by atoms with van der Waals surface area (Å²) < 4.78 is 0. The quantitative estimate of drug-likeness (QED) is 0.801. The molecule has 0 spiro atoms. The van der Waals surface area contributed by atoms with Crippen LogP contribution in [0.1, 0.15) is 45.4 Å². The maximum Gasteiger partial charge on any atom is 0.233 e. The lowest BCUT2D eigenvalue weighted by Crippen LogP contribution is -2.41. The fraction of sp³-hybridized carbons (Fsp3) is 0.562. The molecule has 0 radical (unpaired) electrons. The van der Waals surface area contributed by atoms with Crippen molar-refractivity contribution in [3.05, 3.63) is 29.3 Å². The number of halogens is 1. The van der Waals surface area contributed by atoms with Crippen LogP contribution in [0.15, 0.2) is 29.2 Å². The van der Waals surface area contributed by atoms with Gasteiger partial charge in [0.15, 0.2) is 0 Å². The van der Waals surface area contributed by atoms with Crippen LogP contribution in [0.4, 0.5) is 0 Å². The van der Waals surface area contributed by atoms with Crippen LogP contribution in [0.3, 0.4) is 0 Å². The van der Waals surface area contributed by atoms with Gasteiger partial charge in [0.05, 0.1) is 5.25 Å². The van der Waals surface area contributed by atoms with E-state index < -0.39 is 0 Å². The van der Waals surface area contributed by atoms with Gasteiger partial charge in [-0.2, -0.15) is 0 Å². The van der Waals surface area contributed by atoms with Gasteiger partial charge in [-0.3, -0.25) is 4.79 Å². The van der Waals surface area contributed by atoms with Crippen molar-refractivity contribution in [2.45, 2.75) is 61.6 Å². The number of amides is 1. The van der Waals surface area contributed by atoms with E-state index >= 15 is 0 Å². The zero-order valence-electron chi connectivity index (χ0n) is 11.9. The maximum atomic E-state index is 12.4. The number of nitrogens with one attached hydrogen (secondary N) is 1. The molecule has 0 aromatic heterocycles. The molecule has 1 aromatic rings. The molecular formula is C16H22ClNOS. The summed E-state index contributed by atoms with van der Waals surface area (Å²) in [4.78, 5) is 13.5. The largest absolute Gasteiger partial charge is 0.352 e. The summed E-state index contributed by atoms with van der Waals surface area (Å²) in [6.07, 6.45) is 6.90. The highest BCUT2D eigenvalue weighted by Gasteiger charge is 2.22. The predicted molar refractivity (Wildman–Crippen MR) is 86.4 cm³/mol. The molecule has 2 nitrogen and oxygen atoms in total. The number of hydrogen-bond acceptors (Lipinski definition) is 2. The standard InChI is InChI=1S/C16H22ClNOS/c1-2-15(20-14-10-8-12(17)9-11-14)16(19)18-13-6-4-3-5-7-13/h8-11,13,15H,2-7H2,1H3,(H,18,19)/t15-/m0/s1. The number of carbonyl (C=O) groups excluding carboxylic acids is 1. The van der Waals surface area contributed by atoms with Crippen LogP contribution < -0.4 is 5.32 Å². The Morgan fingerprint density at radius 1 is 1.30 bits per heavy atom. The highest BCUT2D eigenvalue weighted by atomic mass is 35.5. The van der Waals surface area contributed by atoms with Gasteiger partial charge < -0.3 is 5.32 Å². The summed E-state index contributed by atoms with van der Waals surface area (Å²) in [5.74, 6) is 0.180. The fourth-order valence-electron chi connectivity index (χ4n) is 2.54. The molecule has 0 heterocycles. The van der Waals surface area contributed by atoms with E-state index in [1.54, 1.807) is 11.8 Å². The summed E-state index contributed by atoms with van der Waals surface area (Å²) in [6.45, 7) is 2.06. The smallest absolute Gasteiger partial charge is 0.233 e. The third-order valence-corrected chi connectivity index (χ3v) is 5.33. The first-order chi connectivity index (χ1) is 9.69. The Bertz CT molecular complexity index is 429. The van der Waals surface area contributed by atoms with E-state index in [1.165, 1.54) is 19.3 Å². The topological polar surface area (TPSA) is 29.1 Å². The van der Waals surface area contributed by atoms with Crippen molar-refractivity contribution in [1.82, 2.24) is 5.32 Å². The Hall–Kier alpha value is -0.670. The molecule has 4 heteroatoms. The first-order valence-electron chi connectivity index (χ1n) is 7.41. The third kappa shape index (κ3) is 4.71. The van der Waals surface area contributed by atoms with Gasteiger partial charge in [0.25, 0.3) is 0 Å². The van der Waals surface area contributed by atoms with E-state index in [-0.39, 0.29) is 11.2 Å². The fourth-order valence-corrected chi connectivity index (χ4v) is 3.63. The Morgan fingerprint density at radius 2 is 1.95 bits per heavy atom. The highest BCUT2D eigenvalue weighted by Crippen LogP contribution is 2.27. The number of benzene rings is 1. The average Bonchev–Trinajstić information content (AvgIpc) is 2.47. The lowest BCUT2D eigenvalue weighted by molar-refractivity contribution is -0.121. The SMILES string of the molecule is CC[C@H](Sc1ccc(Cl)cc1)C(=O)NC1CCCCC1. The van der Waals surface area contributed by atoms with Crippen molar-refractivity contribution in [2.24, 2.45) is 0 Å². The van der Waals surface area contributed by atoms with Gasteiger partial charge in [-0.1, -0.05) is 37.8 Å². The molecule has 2 rings (SSSR count). The van der Waals surface area contributed by atoms with Crippen LogP contribution in [0, 0.1) is 0 Å². The first kappa shape index (κ1) is 15.7. The van der Waals surface area contributed by atoms with Crippen LogP contribution in [0.2, 0.25) is 5.02 Å². The van der Waals surface area contributed by atoms with Crippen molar-refractivity contribution < 1.29 is 4.79 Å². The molecule has 0 bridgehead atoms. The van der Waals surface area contributed by atoms with Gasteiger partial charge in [0.1, 0.15) is 0 Å². The molecule has 1 atom stereocenters. The van der Waals surface area contributed by atoms with Crippen molar-refractivity contribution in [3.63, 3.8) is 0 Å². The van der Waals surface area contributed by atoms with E-state index in [4.69, 9.17) is 11.6 Å². The van der Waals surface area contributed by atoms with Gasteiger partial charge in [-0.15, -0.1) is 11.8 Å². The van der Waals surface area contributed by atoms with E-state index in [1.807, 2.05) is 24.3 Å². The molecule has 1 aliphatic rings. The molecular weight excluding hydrogens is 290 g/mol. The van der Waals surface area contributed by atoms with E-state index in [0.29, 0.717) is 6.04 Å². The number of hydrogen-bond donors (Lipinski definition) is 1. The Labute approximate surface area is 130 Å². The molecule has 110 valence electrons. The molecule has 1 saturated carbocycles. The Kier molecular flexibility index (Phi) is 6.24. The summed E-state index contributed by atoms with van der Waals surface area (Å²) in [7, 11) is 0. The lowest BCUT2D eigenvalue weighted by atomic mass is 9.95. The molecule has 20 heavy (non-hydrogen) atoms. The number of rotatable bonds is 5. The lowest BCUT2D eigenvalue weighted by Gasteiger charge is -2.25. The van der Waals surface area contributed by atoms with Gasteiger partial charge in [0, 0.05) is 16.0 Å². The maximum absolute atomic E-state index is 12.4. The third-order valence-electron chi connectivity index (χ3n) is 3.71. The second kappa shape index (κ2) is 7.94. The second-order valence-corrected chi connectivity index (χ2v) is 7.02. The van der Waals surface area contributed by atoms with Crippen molar-refractivity contribution in [1.29, 1.82) is 0 Å². The van der Waals surface area contributed by atoms with Crippen LogP contribution >= 0.6 is 23.4 Å². The van der Waals surface area contributed by atoms with E-state index in [0.717, 1.165) is 29.2 Å². The average molecular weight is 312 g/mol. The Balaban J connectivity index is 1.89. The van der Waals surface area contributed by atoms with Gasteiger partial charge in [-0.25, -0.2) is 0 Å². The number of thioether (sulfide) groups is 1. The molecule has 1 aromatic carbocycles. The molecule has 0 saturated heterocycles. The first-order valence-corrected chi connectivity index (χ1v) is 8.67. The minimum absolute atomic E-state index is 0.0156. The Morgan fingerprint density at radius 3 is 2.55 bits per heavy atom. The molecule has 1 amide bonds. The monoisotopic (exact) mass is 311 g/mol. The summed E-state index contributed by atoms with van der Waals surface area (Å²) in [5, 5.41) is 3.93. The van der Waals surface area contributed by atoms with Crippen molar-refractivity contribution in [2.75, 3.05) is 0 Å². The van der Waals surface area contributed by atoms with Crippen LogP contribution in [0.25, 0.3) is 0 Å². The minimum atomic E-state index is -0.0156. The molecule has 0 aliphatic heterocycles. The van der Waals surface area contributed by atoms with Crippen molar-refractivity contribution >= 4 is 29.3 Å². The normalized spacial score (nSPS) is 17.7. The second-order valence-electron chi connectivity index (χ2n) is 5.31. The molecule has 1 fully saturated rings. The molecule has 1 N–H and O–H groups in total. The molecule has 0 unspecified atom stereocenters.